The molecule has 0 radical (unpaired) electrons. The summed E-state index contributed by atoms with van der Waals surface area (Å²) in [4.78, 5) is 37.2. The van der Waals surface area contributed by atoms with Crippen LogP contribution in [0.2, 0.25) is 0 Å². The van der Waals surface area contributed by atoms with Crippen molar-refractivity contribution in [2.45, 2.75) is 62.3 Å². The Bertz CT molecular complexity index is 1180. The first-order chi connectivity index (χ1) is 16.9. The molecule has 0 amide bonds. The SMILES string of the molecule is C[C@]12C=CC(=O)C=C1C(F)C[C@H]1[C@@H]3CC[C@@](OC(=O)c4ccccc4)(C(=O)CO)[C@@]3(C)C[C@H](O)[C@@]12Cl. The number of aliphatic hydroxyl groups is 2. The summed E-state index contributed by atoms with van der Waals surface area (Å²) in [6, 6.07) is 8.27. The van der Waals surface area contributed by atoms with Crippen molar-refractivity contribution in [3.63, 3.8) is 0 Å². The minimum atomic E-state index is -1.69. The van der Waals surface area contributed by atoms with Gasteiger partial charge in [-0.2, -0.15) is 0 Å². The second kappa shape index (κ2) is 8.33. The second-order valence-corrected chi connectivity index (χ2v) is 11.7. The lowest BCUT2D eigenvalue weighted by molar-refractivity contribution is -0.177. The molecule has 0 aliphatic heterocycles. The number of halogens is 2. The molecule has 5 rings (SSSR count). The number of ether oxygens (including phenoxy) is 1. The molecule has 8 atom stereocenters. The van der Waals surface area contributed by atoms with Crippen LogP contribution in [0.3, 0.4) is 0 Å². The van der Waals surface area contributed by atoms with E-state index in [0.29, 0.717) is 6.42 Å². The summed E-state index contributed by atoms with van der Waals surface area (Å²) in [5.74, 6) is -2.62. The van der Waals surface area contributed by atoms with Gasteiger partial charge in [-0.3, -0.25) is 9.59 Å². The summed E-state index contributed by atoms with van der Waals surface area (Å²) in [6.45, 7) is 2.69. The van der Waals surface area contributed by atoms with Crippen LogP contribution in [0.1, 0.15) is 49.9 Å². The average Bonchev–Trinajstić information content (AvgIpc) is 3.14. The highest BCUT2D eigenvalue weighted by Crippen LogP contribution is 2.71. The maximum atomic E-state index is 15.6. The van der Waals surface area contributed by atoms with Crippen molar-refractivity contribution in [1.29, 1.82) is 0 Å². The molecule has 0 aromatic heterocycles. The van der Waals surface area contributed by atoms with Gasteiger partial charge in [0.1, 0.15) is 12.8 Å². The van der Waals surface area contributed by atoms with Crippen LogP contribution >= 0.6 is 11.6 Å². The zero-order valence-electron chi connectivity index (χ0n) is 20.2. The van der Waals surface area contributed by atoms with Crippen LogP contribution in [0.4, 0.5) is 4.39 Å². The van der Waals surface area contributed by atoms with E-state index in [4.69, 9.17) is 16.3 Å². The highest BCUT2D eigenvalue weighted by molar-refractivity contribution is 6.26. The fraction of sp³-hybridized carbons (Fsp3) is 0.536. The van der Waals surface area contributed by atoms with Crippen molar-refractivity contribution in [2.75, 3.05) is 6.61 Å². The van der Waals surface area contributed by atoms with Gasteiger partial charge in [0.2, 0.25) is 5.78 Å². The van der Waals surface area contributed by atoms with Crippen LogP contribution in [0, 0.1) is 22.7 Å². The molecule has 0 spiro atoms. The molecule has 4 aliphatic rings. The number of hydrogen-bond donors (Lipinski definition) is 2. The highest BCUT2D eigenvalue weighted by atomic mass is 35.5. The normalized spacial score (nSPS) is 43.2. The first-order valence-electron chi connectivity index (χ1n) is 12.3. The number of alkyl halides is 2. The van der Waals surface area contributed by atoms with Gasteiger partial charge in [0.05, 0.1) is 16.5 Å². The Labute approximate surface area is 214 Å². The Hall–Kier alpha value is -2.35. The maximum absolute atomic E-state index is 15.6. The van der Waals surface area contributed by atoms with E-state index in [2.05, 4.69) is 0 Å². The number of ketones is 2. The molecular weight excluding hydrogens is 487 g/mol. The van der Waals surface area contributed by atoms with Crippen LogP contribution in [0.5, 0.6) is 0 Å². The predicted molar refractivity (Wildman–Crippen MR) is 130 cm³/mol. The lowest BCUT2D eigenvalue weighted by atomic mass is 9.45. The number of benzene rings is 1. The van der Waals surface area contributed by atoms with Crippen LogP contribution in [-0.4, -0.2) is 57.1 Å². The zero-order chi connectivity index (χ0) is 26.1. The van der Waals surface area contributed by atoms with Crippen LogP contribution in [-0.2, 0) is 14.3 Å². The number of rotatable bonds is 4. The number of fused-ring (bicyclic) bond motifs is 5. The molecule has 1 aromatic carbocycles. The third kappa shape index (κ3) is 3.12. The molecule has 0 bridgehead atoms. The predicted octanol–water partition coefficient (Wildman–Crippen LogP) is 3.73. The topological polar surface area (TPSA) is 101 Å². The van der Waals surface area contributed by atoms with E-state index in [1.165, 1.54) is 12.2 Å². The molecule has 0 heterocycles. The van der Waals surface area contributed by atoms with Crippen LogP contribution < -0.4 is 0 Å². The monoisotopic (exact) mass is 516 g/mol. The first kappa shape index (κ1) is 25.3. The van der Waals surface area contributed by atoms with Crippen molar-refractivity contribution < 1.29 is 33.7 Å². The van der Waals surface area contributed by atoms with Crippen LogP contribution in [0.25, 0.3) is 0 Å². The van der Waals surface area contributed by atoms with Gasteiger partial charge in [-0.15, -0.1) is 11.6 Å². The zero-order valence-corrected chi connectivity index (χ0v) is 21.0. The Morgan fingerprint density at radius 3 is 2.56 bits per heavy atom. The molecule has 8 heteroatoms. The maximum Gasteiger partial charge on any atom is 0.339 e. The molecule has 4 aliphatic carbocycles. The van der Waals surface area contributed by atoms with Gasteiger partial charge < -0.3 is 14.9 Å². The fourth-order valence-corrected chi connectivity index (χ4v) is 8.28. The minimum Gasteiger partial charge on any atom is -0.447 e. The van der Waals surface area contributed by atoms with Gasteiger partial charge in [-0.25, -0.2) is 9.18 Å². The van der Waals surface area contributed by atoms with E-state index in [-0.39, 0.29) is 42.1 Å². The number of esters is 1. The average molecular weight is 517 g/mol. The van der Waals surface area contributed by atoms with Gasteiger partial charge in [-0.05, 0) is 67.4 Å². The Morgan fingerprint density at radius 1 is 1.19 bits per heavy atom. The standard InChI is InChI=1S/C28H30ClFO6/c1-25-10-8-17(32)12-20(25)21(30)13-19-18-9-11-27(23(34)15-31,26(18,2)14-22(33)28(19,25)29)36-24(35)16-6-4-3-5-7-16/h3-8,10,12,18-19,21-22,31,33H,9,11,13-15H2,1-2H3/t18-,19-,21?,22-,25-,26-,27+,28-/m0/s1. The van der Waals surface area contributed by atoms with Gasteiger partial charge >= 0.3 is 5.97 Å². The lowest BCUT2D eigenvalue weighted by Gasteiger charge is -2.64. The molecule has 2 N–H and O–H groups in total. The van der Waals surface area contributed by atoms with Gasteiger partial charge in [-0.1, -0.05) is 38.1 Å². The van der Waals surface area contributed by atoms with E-state index in [9.17, 15) is 24.6 Å². The van der Waals surface area contributed by atoms with Crippen molar-refractivity contribution >= 4 is 29.1 Å². The molecular formula is C28H30ClFO6. The summed E-state index contributed by atoms with van der Waals surface area (Å²) in [7, 11) is 0. The number of hydrogen-bond acceptors (Lipinski definition) is 6. The van der Waals surface area contributed by atoms with E-state index >= 15 is 4.39 Å². The third-order valence-electron chi connectivity index (χ3n) is 9.62. The molecule has 6 nitrogen and oxygen atoms in total. The number of carbonyl (C=O) groups excluding carboxylic acids is 3. The van der Waals surface area contributed by atoms with E-state index in [1.54, 1.807) is 50.3 Å². The van der Waals surface area contributed by atoms with Gasteiger partial charge in [0.25, 0.3) is 0 Å². The van der Waals surface area contributed by atoms with Crippen molar-refractivity contribution in [2.24, 2.45) is 22.7 Å². The number of allylic oxidation sites excluding steroid dienone is 4. The smallest absolute Gasteiger partial charge is 0.339 e. The molecule has 192 valence electrons. The minimum absolute atomic E-state index is 0.00703. The molecule has 3 fully saturated rings. The first-order valence-corrected chi connectivity index (χ1v) is 12.7. The number of aliphatic hydroxyl groups excluding tert-OH is 2. The van der Waals surface area contributed by atoms with Crippen molar-refractivity contribution in [1.82, 2.24) is 0 Å². The number of carbonyl (C=O) groups is 3. The second-order valence-electron chi connectivity index (χ2n) is 11.1. The molecule has 1 aromatic rings. The van der Waals surface area contributed by atoms with Crippen molar-refractivity contribution in [3.8, 4) is 0 Å². The summed E-state index contributed by atoms with van der Waals surface area (Å²) in [5, 5.41) is 21.6. The Balaban J connectivity index is 1.59. The van der Waals surface area contributed by atoms with Crippen LogP contribution in [0.15, 0.2) is 54.1 Å². The van der Waals surface area contributed by atoms with Gasteiger partial charge in [0.15, 0.2) is 11.4 Å². The fourth-order valence-electron chi connectivity index (χ4n) is 7.79. The van der Waals surface area contributed by atoms with E-state index in [0.717, 1.165) is 0 Å². The Kier molecular flexibility index (Phi) is 5.86. The molecule has 1 unspecified atom stereocenters. The van der Waals surface area contributed by atoms with Gasteiger partial charge in [0, 0.05) is 10.8 Å². The number of Topliss-reactive ketones (excluding diaryl/α,β-unsaturated/α-hetero) is 1. The third-order valence-corrected chi connectivity index (χ3v) is 10.5. The summed E-state index contributed by atoms with van der Waals surface area (Å²) in [6.07, 6.45) is 2.09. The van der Waals surface area contributed by atoms with E-state index < -0.39 is 57.9 Å². The highest BCUT2D eigenvalue weighted by Gasteiger charge is 2.75. The molecule has 0 saturated heterocycles. The largest absolute Gasteiger partial charge is 0.447 e. The lowest BCUT2D eigenvalue weighted by Crippen LogP contribution is -2.70. The summed E-state index contributed by atoms with van der Waals surface area (Å²) >= 11 is 7.33. The quantitative estimate of drug-likeness (QED) is 0.467. The summed E-state index contributed by atoms with van der Waals surface area (Å²) < 4.78 is 21.6. The molecule has 36 heavy (non-hydrogen) atoms. The Morgan fingerprint density at radius 2 is 1.89 bits per heavy atom. The molecule has 3 saturated carbocycles. The van der Waals surface area contributed by atoms with Crippen molar-refractivity contribution in [3.05, 3.63) is 59.7 Å². The van der Waals surface area contributed by atoms with E-state index in [1.807, 2.05) is 0 Å². The summed E-state index contributed by atoms with van der Waals surface area (Å²) in [5.41, 5.74) is -3.38.